The van der Waals surface area contributed by atoms with Gasteiger partial charge in [-0.1, -0.05) is 242 Å². The molecule has 0 saturated carbocycles. The second kappa shape index (κ2) is 46.6. The van der Waals surface area contributed by atoms with Gasteiger partial charge in [-0.05, 0) is 44.9 Å². The van der Waals surface area contributed by atoms with Crippen molar-refractivity contribution >= 4 is 11.9 Å². The molecule has 0 heterocycles. The number of esters is 1. The van der Waals surface area contributed by atoms with E-state index in [2.05, 4.69) is 62.5 Å². The molecule has 6 nitrogen and oxygen atoms in total. The van der Waals surface area contributed by atoms with Gasteiger partial charge in [0.1, 0.15) is 6.10 Å². The number of unbranched alkanes of at least 4 members (excludes halogenated alkanes) is 26. The van der Waals surface area contributed by atoms with Crippen LogP contribution in [-0.2, 0) is 14.3 Å². The van der Waals surface area contributed by atoms with Crippen molar-refractivity contribution in [2.24, 2.45) is 0 Å². The molecular formula is C53H95NO5. The molecule has 0 aliphatic heterocycles. The molecule has 0 aromatic heterocycles. The lowest BCUT2D eigenvalue weighted by Gasteiger charge is -2.24. The Kier molecular flexibility index (Phi) is 44.7. The number of aliphatic hydroxyl groups excluding tert-OH is 2. The van der Waals surface area contributed by atoms with E-state index in [0.29, 0.717) is 19.3 Å². The number of hydrogen-bond donors (Lipinski definition) is 3. The maximum atomic E-state index is 13.2. The van der Waals surface area contributed by atoms with E-state index in [-0.39, 0.29) is 24.9 Å². The highest BCUT2D eigenvalue weighted by molar-refractivity contribution is 5.77. The summed E-state index contributed by atoms with van der Waals surface area (Å²) in [7, 11) is 0. The highest BCUT2D eigenvalue weighted by Gasteiger charge is 2.24. The standard InChI is InChI=1S/C53H95NO5/c1-4-7-10-13-16-19-21-23-24-25-26-27-29-31-34-37-40-43-46-53(58)59-49(44-41-38-35-32-18-15-12-9-6-3)47-52(57)54-50(48-55)51(56)45-42-39-36-33-30-28-22-20-17-14-11-8-5-2/h10,13,16,19,21,23-27,49-51,55-56H,4-9,11-12,14-15,17-18,20,22,28-48H2,1-3H3,(H,54,57)/b13-10+,19-16+,23-21+,25-24+,27-26+. The van der Waals surface area contributed by atoms with E-state index in [0.717, 1.165) is 83.5 Å². The second-order valence-electron chi connectivity index (χ2n) is 17.0. The number of carbonyl (C=O) groups is 2. The zero-order valence-corrected chi connectivity index (χ0v) is 38.9. The minimum Gasteiger partial charge on any atom is -0.462 e. The molecule has 0 bridgehead atoms. The summed E-state index contributed by atoms with van der Waals surface area (Å²) in [6.07, 6.45) is 57.0. The van der Waals surface area contributed by atoms with Crippen LogP contribution in [0.1, 0.15) is 239 Å². The Morgan fingerprint density at radius 3 is 1.37 bits per heavy atom. The first kappa shape index (κ1) is 56.6. The summed E-state index contributed by atoms with van der Waals surface area (Å²) in [4.78, 5) is 26.0. The van der Waals surface area contributed by atoms with Crippen LogP contribution in [0.15, 0.2) is 60.8 Å². The van der Waals surface area contributed by atoms with E-state index < -0.39 is 18.2 Å². The maximum absolute atomic E-state index is 13.2. The van der Waals surface area contributed by atoms with Gasteiger partial charge in [-0.15, -0.1) is 0 Å². The molecule has 0 spiro atoms. The summed E-state index contributed by atoms with van der Waals surface area (Å²) < 4.78 is 5.90. The van der Waals surface area contributed by atoms with E-state index in [9.17, 15) is 19.8 Å². The SMILES string of the molecule is CCC/C=C/C=C/C=C/C=C/C=C/CCCCCCCC(=O)OC(CCCCCCCCCCC)CC(=O)NC(CO)C(O)CCCCCCCCCCCCCCC. The summed E-state index contributed by atoms with van der Waals surface area (Å²) in [5.41, 5.74) is 0. The summed E-state index contributed by atoms with van der Waals surface area (Å²) >= 11 is 0. The first-order valence-corrected chi connectivity index (χ1v) is 25.1. The normalized spacial score (nSPS) is 13.8. The van der Waals surface area contributed by atoms with E-state index in [4.69, 9.17) is 4.74 Å². The van der Waals surface area contributed by atoms with Crippen molar-refractivity contribution in [3.63, 3.8) is 0 Å². The summed E-state index contributed by atoms with van der Waals surface area (Å²) in [5.74, 6) is -0.502. The van der Waals surface area contributed by atoms with Gasteiger partial charge >= 0.3 is 5.97 Å². The lowest BCUT2D eigenvalue weighted by molar-refractivity contribution is -0.151. The van der Waals surface area contributed by atoms with E-state index in [1.165, 1.54) is 109 Å². The van der Waals surface area contributed by atoms with Crippen LogP contribution in [-0.4, -0.2) is 46.9 Å². The number of rotatable bonds is 44. The highest BCUT2D eigenvalue weighted by Crippen LogP contribution is 2.18. The molecule has 0 rings (SSSR count). The van der Waals surface area contributed by atoms with Crippen LogP contribution in [0.25, 0.3) is 0 Å². The third-order valence-electron chi connectivity index (χ3n) is 11.2. The fourth-order valence-electron chi connectivity index (χ4n) is 7.40. The van der Waals surface area contributed by atoms with Gasteiger partial charge in [-0.2, -0.15) is 0 Å². The molecule has 0 aromatic carbocycles. The minimum atomic E-state index is -0.791. The molecule has 3 N–H and O–H groups in total. The summed E-state index contributed by atoms with van der Waals surface area (Å²) in [6.45, 7) is 6.37. The van der Waals surface area contributed by atoms with Gasteiger partial charge in [-0.3, -0.25) is 9.59 Å². The van der Waals surface area contributed by atoms with Crippen molar-refractivity contribution in [1.82, 2.24) is 5.32 Å². The number of hydrogen-bond acceptors (Lipinski definition) is 5. The van der Waals surface area contributed by atoms with Gasteiger partial charge in [0, 0.05) is 6.42 Å². The van der Waals surface area contributed by atoms with Gasteiger partial charge in [0.2, 0.25) is 5.91 Å². The Morgan fingerprint density at radius 1 is 0.492 bits per heavy atom. The molecule has 59 heavy (non-hydrogen) atoms. The topological polar surface area (TPSA) is 95.9 Å². The van der Waals surface area contributed by atoms with Crippen LogP contribution in [0, 0.1) is 0 Å². The van der Waals surface area contributed by atoms with Crippen molar-refractivity contribution in [2.75, 3.05) is 6.61 Å². The zero-order chi connectivity index (χ0) is 43.1. The number of ether oxygens (including phenoxy) is 1. The van der Waals surface area contributed by atoms with Gasteiger partial charge in [0.25, 0.3) is 0 Å². The smallest absolute Gasteiger partial charge is 0.306 e. The Morgan fingerprint density at radius 2 is 0.898 bits per heavy atom. The molecule has 0 aliphatic carbocycles. The zero-order valence-electron chi connectivity index (χ0n) is 38.9. The predicted molar refractivity (Wildman–Crippen MR) is 255 cm³/mol. The number of carbonyl (C=O) groups excluding carboxylic acids is 2. The maximum Gasteiger partial charge on any atom is 0.306 e. The first-order valence-electron chi connectivity index (χ1n) is 25.1. The Bertz CT molecular complexity index is 1060. The quantitative estimate of drug-likeness (QED) is 0.0323. The lowest BCUT2D eigenvalue weighted by atomic mass is 10.0. The van der Waals surface area contributed by atoms with Crippen LogP contribution in [0.4, 0.5) is 0 Å². The molecule has 1 amide bonds. The Hall–Kier alpha value is -2.44. The van der Waals surface area contributed by atoms with E-state index in [1.54, 1.807) is 0 Å². The third kappa shape index (κ3) is 42.1. The molecule has 3 atom stereocenters. The summed E-state index contributed by atoms with van der Waals surface area (Å²) in [5, 5.41) is 23.7. The largest absolute Gasteiger partial charge is 0.462 e. The van der Waals surface area contributed by atoms with Crippen LogP contribution < -0.4 is 5.32 Å². The molecule has 0 fully saturated rings. The Labute approximate surface area is 365 Å². The summed E-state index contributed by atoms with van der Waals surface area (Å²) in [6, 6.07) is -0.705. The van der Waals surface area contributed by atoms with Gasteiger partial charge in [0.05, 0.1) is 25.2 Å². The number of amides is 1. The molecule has 0 radical (unpaired) electrons. The van der Waals surface area contributed by atoms with Crippen molar-refractivity contribution < 1.29 is 24.5 Å². The average Bonchev–Trinajstić information content (AvgIpc) is 3.23. The van der Waals surface area contributed by atoms with Crippen LogP contribution in [0.2, 0.25) is 0 Å². The van der Waals surface area contributed by atoms with Crippen LogP contribution in [0.5, 0.6) is 0 Å². The van der Waals surface area contributed by atoms with Crippen LogP contribution in [0.3, 0.4) is 0 Å². The molecule has 0 saturated heterocycles. The number of aliphatic hydroxyl groups is 2. The Balaban J connectivity index is 4.53. The third-order valence-corrected chi connectivity index (χ3v) is 11.2. The van der Waals surface area contributed by atoms with Gasteiger partial charge in [-0.25, -0.2) is 0 Å². The molecule has 342 valence electrons. The van der Waals surface area contributed by atoms with Crippen molar-refractivity contribution in [1.29, 1.82) is 0 Å². The van der Waals surface area contributed by atoms with Crippen LogP contribution >= 0.6 is 0 Å². The number of nitrogens with one attached hydrogen (secondary N) is 1. The predicted octanol–water partition coefficient (Wildman–Crippen LogP) is 14.8. The molecule has 6 heteroatoms. The minimum absolute atomic E-state index is 0.0669. The average molecular weight is 826 g/mol. The highest BCUT2D eigenvalue weighted by atomic mass is 16.5. The van der Waals surface area contributed by atoms with Gasteiger partial charge < -0.3 is 20.3 Å². The van der Waals surface area contributed by atoms with Gasteiger partial charge in [0.15, 0.2) is 0 Å². The van der Waals surface area contributed by atoms with E-state index >= 15 is 0 Å². The van der Waals surface area contributed by atoms with Crippen molar-refractivity contribution in [2.45, 2.75) is 257 Å². The van der Waals surface area contributed by atoms with E-state index in [1.807, 2.05) is 24.3 Å². The second-order valence-corrected chi connectivity index (χ2v) is 17.0. The van der Waals surface area contributed by atoms with Crippen molar-refractivity contribution in [3.05, 3.63) is 60.8 Å². The molecule has 3 unspecified atom stereocenters. The molecular weight excluding hydrogens is 731 g/mol. The lowest BCUT2D eigenvalue weighted by Crippen LogP contribution is -2.46. The van der Waals surface area contributed by atoms with Crippen molar-refractivity contribution in [3.8, 4) is 0 Å². The monoisotopic (exact) mass is 826 g/mol. The molecule has 0 aliphatic rings. The fraction of sp³-hybridized carbons (Fsp3) is 0.774. The molecule has 0 aromatic rings. The fourth-order valence-corrected chi connectivity index (χ4v) is 7.40. The number of allylic oxidation sites excluding steroid dienone is 10. The first-order chi connectivity index (χ1) is 29.0.